The van der Waals surface area contributed by atoms with Crippen molar-refractivity contribution in [2.75, 3.05) is 0 Å². The van der Waals surface area contributed by atoms with Crippen LogP contribution in [0, 0.1) is 5.92 Å². The summed E-state index contributed by atoms with van der Waals surface area (Å²) in [6, 6.07) is 20.9. The van der Waals surface area contributed by atoms with Crippen LogP contribution in [0.1, 0.15) is 30.4 Å². The number of carboxylic acid groups (broad SMARTS) is 1. The van der Waals surface area contributed by atoms with Crippen LogP contribution in [0.3, 0.4) is 0 Å². The average Bonchev–Trinajstić information content (AvgIpc) is 3.13. The van der Waals surface area contributed by atoms with Gasteiger partial charge in [0.25, 0.3) is 0 Å². The molecule has 4 rings (SSSR count). The first-order chi connectivity index (χ1) is 15.0. The molecule has 158 valence electrons. The Balaban J connectivity index is 1.59. The van der Waals surface area contributed by atoms with Crippen molar-refractivity contribution in [3.63, 3.8) is 0 Å². The highest BCUT2D eigenvalue weighted by Crippen LogP contribution is 2.31. The molecule has 0 amide bonds. The number of rotatable bonds is 8. The number of furan rings is 1. The Hall–Kier alpha value is -3.31. The van der Waals surface area contributed by atoms with Gasteiger partial charge < -0.3 is 14.7 Å². The van der Waals surface area contributed by atoms with E-state index in [0.717, 1.165) is 40.3 Å². The van der Waals surface area contributed by atoms with E-state index in [-0.39, 0.29) is 6.42 Å². The molecule has 0 bridgehead atoms. The van der Waals surface area contributed by atoms with Gasteiger partial charge in [0, 0.05) is 27.3 Å². The highest BCUT2D eigenvalue weighted by molar-refractivity contribution is 6.30. The average molecular weight is 436 g/mol. The molecule has 5 nitrogen and oxygen atoms in total. The van der Waals surface area contributed by atoms with Gasteiger partial charge in [-0.15, -0.1) is 0 Å². The van der Waals surface area contributed by atoms with Crippen molar-refractivity contribution in [2.45, 2.75) is 25.7 Å². The maximum atomic E-state index is 11.5. The number of carboxylic acids is 1. The normalized spacial score (nSPS) is 13.0. The van der Waals surface area contributed by atoms with Gasteiger partial charge in [0.05, 0.1) is 12.1 Å². The molecule has 1 aromatic heterocycles. The van der Waals surface area contributed by atoms with Crippen LogP contribution in [-0.4, -0.2) is 22.0 Å². The van der Waals surface area contributed by atoms with E-state index >= 15 is 0 Å². The van der Waals surface area contributed by atoms with Gasteiger partial charge in [0.2, 0.25) is 0 Å². The Morgan fingerprint density at radius 3 is 2.48 bits per heavy atom. The minimum Gasteiger partial charge on any atom is -0.481 e. The topological polar surface area (TPSA) is 83.0 Å². The minimum atomic E-state index is -0.924. The molecule has 0 radical (unpaired) electrons. The molecule has 2 N–H and O–H groups in total. The number of hydrogen-bond acceptors (Lipinski definition) is 4. The quantitative estimate of drug-likeness (QED) is 0.187. The Morgan fingerprint density at radius 1 is 1.00 bits per heavy atom. The lowest BCUT2D eigenvalue weighted by Crippen LogP contribution is -2.20. The van der Waals surface area contributed by atoms with E-state index in [0.29, 0.717) is 22.7 Å². The molecular formula is C25H22ClNO4. The number of carbonyl (C=O) groups is 1. The highest BCUT2D eigenvalue weighted by Gasteiger charge is 2.22. The maximum Gasteiger partial charge on any atom is 0.304 e. The summed E-state index contributed by atoms with van der Waals surface area (Å²) in [5.41, 5.74) is 3.72. The van der Waals surface area contributed by atoms with Crippen molar-refractivity contribution in [1.29, 1.82) is 0 Å². The number of aryl methyl sites for hydroxylation is 1. The first-order valence-electron chi connectivity index (χ1n) is 10.1. The van der Waals surface area contributed by atoms with Crippen molar-refractivity contribution < 1.29 is 19.5 Å². The minimum absolute atomic E-state index is 0.107. The molecule has 1 unspecified atom stereocenters. The predicted molar refractivity (Wildman–Crippen MR) is 122 cm³/mol. The summed E-state index contributed by atoms with van der Waals surface area (Å²) >= 11 is 5.94. The molecule has 1 atom stereocenters. The second kappa shape index (κ2) is 9.23. The third-order valence-electron chi connectivity index (χ3n) is 5.52. The van der Waals surface area contributed by atoms with E-state index in [4.69, 9.17) is 16.0 Å². The molecule has 0 saturated heterocycles. The third kappa shape index (κ3) is 4.72. The van der Waals surface area contributed by atoms with Crippen LogP contribution in [0.2, 0.25) is 5.02 Å². The number of aliphatic carboxylic acids is 1. The lowest BCUT2D eigenvalue weighted by atomic mass is 9.88. The first-order valence-corrected chi connectivity index (χ1v) is 10.5. The Labute approximate surface area is 184 Å². The molecule has 0 aliphatic rings. The largest absolute Gasteiger partial charge is 0.481 e. The summed E-state index contributed by atoms with van der Waals surface area (Å²) in [4.78, 5) is 11.5. The number of oxime groups is 1. The summed E-state index contributed by atoms with van der Waals surface area (Å²) in [5, 5.41) is 25.3. The number of para-hydroxylation sites is 1. The van der Waals surface area contributed by atoms with E-state index in [9.17, 15) is 15.1 Å². The lowest BCUT2D eigenvalue weighted by molar-refractivity contribution is -0.137. The standard InChI is InChI=1S/C25H22ClNO4/c26-19-11-8-16(9-12-19)4-3-5-17(15-24(28)29)25(27-30)18-10-13-23-21(14-18)20-6-1-2-7-22(20)31-23/h1-2,6-14,17,30H,3-5,15H2,(H,28,29)/b27-25+. The number of nitrogens with zero attached hydrogens (tertiary/aromatic N) is 1. The van der Waals surface area contributed by atoms with E-state index in [1.165, 1.54) is 0 Å². The van der Waals surface area contributed by atoms with E-state index in [1.54, 1.807) is 0 Å². The maximum absolute atomic E-state index is 11.5. The van der Waals surface area contributed by atoms with E-state index in [1.807, 2.05) is 66.7 Å². The van der Waals surface area contributed by atoms with Crippen LogP contribution < -0.4 is 0 Å². The third-order valence-corrected chi connectivity index (χ3v) is 5.77. The van der Waals surface area contributed by atoms with Gasteiger partial charge >= 0.3 is 5.97 Å². The molecule has 0 aliphatic heterocycles. The van der Waals surface area contributed by atoms with Gasteiger partial charge in [-0.2, -0.15) is 0 Å². The van der Waals surface area contributed by atoms with Crippen LogP contribution in [0.15, 0.2) is 76.3 Å². The smallest absolute Gasteiger partial charge is 0.304 e. The van der Waals surface area contributed by atoms with E-state index in [2.05, 4.69) is 5.16 Å². The number of hydrogen-bond donors (Lipinski definition) is 2. The number of halogens is 1. The molecule has 0 fully saturated rings. The molecule has 3 aromatic carbocycles. The molecule has 0 spiro atoms. The van der Waals surface area contributed by atoms with Gasteiger partial charge in [0.15, 0.2) is 0 Å². The summed E-state index contributed by atoms with van der Waals surface area (Å²) in [6.45, 7) is 0. The fourth-order valence-corrected chi connectivity index (χ4v) is 4.14. The van der Waals surface area contributed by atoms with Gasteiger partial charge in [0.1, 0.15) is 11.2 Å². The SMILES string of the molecule is O=C(O)CC(CCCc1ccc(Cl)cc1)/C(=N\O)c1ccc2oc3ccccc3c2c1. The molecule has 31 heavy (non-hydrogen) atoms. The molecule has 0 aliphatic carbocycles. The van der Waals surface area contributed by atoms with Crippen molar-refractivity contribution in [1.82, 2.24) is 0 Å². The fraction of sp³-hybridized carbons (Fsp3) is 0.200. The van der Waals surface area contributed by atoms with Crippen molar-refractivity contribution in [3.05, 3.63) is 82.9 Å². The number of fused-ring (bicyclic) bond motifs is 3. The second-order valence-corrected chi connectivity index (χ2v) is 8.04. The highest BCUT2D eigenvalue weighted by atomic mass is 35.5. The Bertz CT molecular complexity index is 1240. The summed E-state index contributed by atoms with van der Waals surface area (Å²) in [5.74, 6) is -1.34. The van der Waals surface area contributed by atoms with Crippen LogP contribution in [-0.2, 0) is 11.2 Å². The summed E-state index contributed by atoms with van der Waals surface area (Å²) in [7, 11) is 0. The van der Waals surface area contributed by atoms with Crippen LogP contribution in [0.25, 0.3) is 21.9 Å². The summed E-state index contributed by atoms with van der Waals surface area (Å²) < 4.78 is 5.86. The molecular weight excluding hydrogens is 414 g/mol. The zero-order valence-electron chi connectivity index (χ0n) is 16.8. The molecule has 6 heteroatoms. The van der Waals surface area contributed by atoms with Crippen molar-refractivity contribution >= 4 is 45.2 Å². The van der Waals surface area contributed by atoms with Gasteiger partial charge in [-0.1, -0.05) is 47.1 Å². The Morgan fingerprint density at radius 2 is 1.74 bits per heavy atom. The van der Waals surface area contributed by atoms with E-state index < -0.39 is 11.9 Å². The zero-order chi connectivity index (χ0) is 21.8. The van der Waals surface area contributed by atoms with Crippen LogP contribution in [0.5, 0.6) is 0 Å². The molecule has 0 saturated carbocycles. The van der Waals surface area contributed by atoms with Crippen LogP contribution in [0.4, 0.5) is 0 Å². The van der Waals surface area contributed by atoms with Crippen LogP contribution >= 0.6 is 11.6 Å². The lowest BCUT2D eigenvalue weighted by Gasteiger charge is -2.17. The molecule has 1 heterocycles. The first kappa shape index (κ1) is 20.9. The molecule has 4 aromatic rings. The zero-order valence-corrected chi connectivity index (χ0v) is 17.5. The predicted octanol–water partition coefficient (Wildman–Crippen LogP) is 6.53. The monoisotopic (exact) mass is 435 g/mol. The summed E-state index contributed by atoms with van der Waals surface area (Å²) in [6.07, 6.45) is 2.02. The Kier molecular flexibility index (Phi) is 6.23. The fourth-order valence-electron chi connectivity index (χ4n) is 4.01. The second-order valence-electron chi connectivity index (χ2n) is 7.61. The van der Waals surface area contributed by atoms with Gasteiger partial charge in [-0.3, -0.25) is 4.79 Å². The van der Waals surface area contributed by atoms with Crippen molar-refractivity contribution in [2.24, 2.45) is 11.1 Å². The van der Waals surface area contributed by atoms with Crippen molar-refractivity contribution in [3.8, 4) is 0 Å². The number of benzene rings is 3. The van der Waals surface area contributed by atoms with Gasteiger partial charge in [-0.25, -0.2) is 0 Å². The van der Waals surface area contributed by atoms with Gasteiger partial charge in [-0.05, 0) is 61.2 Å².